The van der Waals surface area contributed by atoms with Crippen molar-refractivity contribution in [3.8, 4) is 5.75 Å². The molecule has 0 radical (unpaired) electrons. The first-order valence-corrected chi connectivity index (χ1v) is 11.1. The van der Waals surface area contributed by atoms with Crippen LogP contribution >= 0.6 is 15.9 Å². The molecule has 1 aromatic heterocycles. The van der Waals surface area contributed by atoms with Gasteiger partial charge >= 0.3 is 0 Å². The van der Waals surface area contributed by atoms with Crippen LogP contribution in [0.4, 0.5) is 11.5 Å². The molecule has 0 bridgehead atoms. The lowest BCUT2D eigenvalue weighted by Crippen LogP contribution is -2.49. The van der Waals surface area contributed by atoms with E-state index in [1.807, 2.05) is 59.5 Å². The Morgan fingerprint density at radius 3 is 2.31 bits per heavy atom. The van der Waals surface area contributed by atoms with Crippen molar-refractivity contribution in [1.82, 2.24) is 9.88 Å². The van der Waals surface area contributed by atoms with Crippen LogP contribution in [0.5, 0.6) is 5.75 Å². The molecule has 0 saturated carbocycles. The smallest absolute Gasteiger partial charge is 0.262 e. The molecule has 2 amide bonds. The number of rotatable bonds is 6. The summed E-state index contributed by atoms with van der Waals surface area (Å²) < 4.78 is 6.40. The molecule has 1 N–H and O–H groups in total. The lowest BCUT2D eigenvalue weighted by Gasteiger charge is -2.35. The quantitative estimate of drug-likeness (QED) is 0.563. The van der Waals surface area contributed by atoms with E-state index >= 15 is 0 Å². The fourth-order valence-corrected chi connectivity index (χ4v) is 3.69. The predicted octanol–water partition coefficient (Wildman–Crippen LogP) is 3.82. The number of hydrogen-bond acceptors (Lipinski definition) is 5. The number of carbonyl (C=O) groups excluding carboxylic acids is 2. The average molecular weight is 495 g/mol. The number of halogens is 1. The second-order valence-electron chi connectivity index (χ2n) is 7.34. The van der Waals surface area contributed by atoms with E-state index in [4.69, 9.17) is 4.74 Å². The van der Waals surface area contributed by atoms with Crippen LogP contribution in [-0.4, -0.2) is 54.5 Å². The van der Waals surface area contributed by atoms with Crippen LogP contribution < -0.4 is 15.0 Å². The fraction of sp³-hybridized carbons (Fsp3) is 0.208. The Hall–Kier alpha value is -3.39. The van der Waals surface area contributed by atoms with Gasteiger partial charge in [-0.1, -0.05) is 34.1 Å². The van der Waals surface area contributed by atoms with Crippen molar-refractivity contribution in [3.05, 3.63) is 83.0 Å². The van der Waals surface area contributed by atoms with E-state index in [0.717, 1.165) is 10.3 Å². The number of nitrogens with one attached hydrogen (secondary N) is 1. The van der Waals surface area contributed by atoms with Crippen LogP contribution in [0.15, 0.2) is 77.4 Å². The first kappa shape index (κ1) is 21.8. The highest BCUT2D eigenvalue weighted by atomic mass is 79.9. The lowest BCUT2D eigenvalue weighted by atomic mass is 10.2. The van der Waals surface area contributed by atoms with Gasteiger partial charge in [0.15, 0.2) is 6.61 Å². The largest absolute Gasteiger partial charge is 0.484 e. The zero-order valence-electron chi connectivity index (χ0n) is 17.4. The molecule has 1 aliphatic heterocycles. The van der Waals surface area contributed by atoms with Crippen LogP contribution in [0.25, 0.3) is 0 Å². The lowest BCUT2D eigenvalue weighted by molar-refractivity contribution is -0.118. The Balaban J connectivity index is 1.26. The number of ether oxygens (including phenoxy) is 1. The first-order chi connectivity index (χ1) is 15.6. The third kappa shape index (κ3) is 5.64. The number of pyridine rings is 1. The van der Waals surface area contributed by atoms with E-state index in [0.29, 0.717) is 43.2 Å². The third-order valence-electron chi connectivity index (χ3n) is 5.13. The standard InChI is InChI=1S/C24H23BrN4O3/c25-19-8-6-18(7-9-19)24(31)29-14-12-28(13-15-29)22-11-10-20(16-26-22)27-23(30)17-32-21-4-2-1-3-5-21/h1-11,16H,12-15,17H2,(H,27,30). The molecule has 2 aromatic carbocycles. The maximum Gasteiger partial charge on any atom is 0.262 e. The van der Waals surface area contributed by atoms with Gasteiger partial charge in [-0.3, -0.25) is 9.59 Å². The average Bonchev–Trinajstić information content (AvgIpc) is 2.84. The van der Waals surface area contributed by atoms with Gasteiger partial charge < -0.3 is 19.9 Å². The number of aromatic nitrogens is 1. The van der Waals surface area contributed by atoms with Gasteiger partial charge in [-0.05, 0) is 48.5 Å². The topological polar surface area (TPSA) is 74.8 Å². The molecular weight excluding hydrogens is 472 g/mol. The van der Waals surface area contributed by atoms with Crippen LogP contribution in [-0.2, 0) is 4.79 Å². The molecule has 3 aromatic rings. The van der Waals surface area contributed by atoms with E-state index in [1.54, 1.807) is 18.3 Å². The summed E-state index contributed by atoms with van der Waals surface area (Å²) in [5.41, 5.74) is 1.30. The van der Waals surface area contributed by atoms with E-state index in [-0.39, 0.29) is 18.4 Å². The second-order valence-corrected chi connectivity index (χ2v) is 8.26. The van der Waals surface area contributed by atoms with Crippen molar-refractivity contribution in [2.24, 2.45) is 0 Å². The maximum atomic E-state index is 12.7. The molecular formula is C24H23BrN4O3. The van der Waals surface area contributed by atoms with E-state index in [2.05, 4.69) is 31.1 Å². The van der Waals surface area contributed by atoms with E-state index < -0.39 is 0 Å². The highest BCUT2D eigenvalue weighted by molar-refractivity contribution is 9.10. The van der Waals surface area contributed by atoms with Crippen LogP contribution in [0, 0.1) is 0 Å². The van der Waals surface area contributed by atoms with Crippen LogP contribution in [0.1, 0.15) is 10.4 Å². The Bertz CT molecular complexity index is 1050. The molecule has 4 rings (SSSR count). The number of amides is 2. The Morgan fingerprint density at radius 1 is 0.938 bits per heavy atom. The number of anilines is 2. The second kappa shape index (κ2) is 10.3. The van der Waals surface area contributed by atoms with Crippen molar-refractivity contribution in [3.63, 3.8) is 0 Å². The van der Waals surface area contributed by atoms with Gasteiger partial charge in [-0.15, -0.1) is 0 Å². The number of nitrogens with zero attached hydrogens (tertiary/aromatic N) is 3. The first-order valence-electron chi connectivity index (χ1n) is 10.3. The molecule has 164 valence electrons. The number of carbonyl (C=O) groups is 2. The maximum absolute atomic E-state index is 12.7. The highest BCUT2D eigenvalue weighted by Gasteiger charge is 2.22. The molecule has 7 nitrogen and oxygen atoms in total. The van der Waals surface area contributed by atoms with Gasteiger partial charge in [0.05, 0.1) is 11.9 Å². The van der Waals surface area contributed by atoms with Gasteiger partial charge in [-0.2, -0.15) is 0 Å². The minimum atomic E-state index is -0.247. The minimum Gasteiger partial charge on any atom is -0.484 e. The molecule has 0 atom stereocenters. The highest BCUT2D eigenvalue weighted by Crippen LogP contribution is 2.18. The molecule has 32 heavy (non-hydrogen) atoms. The van der Waals surface area contributed by atoms with E-state index in [1.165, 1.54) is 0 Å². The summed E-state index contributed by atoms with van der Waals surface area (Å²) in [6.45, 7) is 2.59. The normalized spacial score (nSPS) is 13.5. The Morgan fingerprint density at radius 2 is 1.66 bits per heavy atom. The van der Waals surface area contributed by atoms with Crippen LogP contribution in [0.3, 0.4) is 0 Å². The summed E-state index contributed by atoms with van der Waals surface area (Å²) in [7, 11) is 0. The number of benzene rings is 2. The number of para-hydroxylation sites is 1. The summed E-state index contributed by atoms with van der Waals surface area (Å²) in [5, 5.41) is 2.79. The van der Waals surface area contributed by atoms with Gasteiger partial charge in [0.2, 0.25) is 0 Å². The van der Waals surface area contributed by atoms with Crippen molar-refractivity contribution in [1.29, 1.82) is 0 Å². The number of hydrogen-bond donors (Lipinski definition) is 1. The van der Waals surface area contributed by atoms with Gasteiger partial charge in [0.25, 0.3) is 11.8 Å². The van der Waals surface area contributed by atoms with Gasteiger partial charge in [0.1, 0.15) is 11.6 Å². The summed E-state index contributed by atoms with van der Waals surface area (Å²) in [6, 6.07) is 20.3. The summed E-state index contributed by atoms with van der Waals surface area (Å²) >= 11 is 3.39. The molecule has 8 heteroatoms. The van der Waals surface area contributed by atoms with Crippen molar-refractivity contribution < 1.29 is 14.3 Å². The SMILES string of the molecule is O=C(COc1ccccc1)Nc1ccc(N2CCN(C(=O)c3ccc(Br)cc3)CC2)nc1. The number of piperazine rings is 1. The van der Waals surface area contributed by atoms with Crippen molar-refractivity contribution in [2.45, 2.75) is 0 Å². The molecule has 0 unspecified atom stereocenters. The Labute approximate surface area is 195 Å². The molecule has 1 aliphatic rings. The molecule has 1 saturated heterocycles. The summed E-state index contributed by atoms with van der Waals surface area (Å²) in [4.78, 5) is 33.2. The van der Waals surface area contributed by atoms with Crippen molar-refractivity contribution >= 4 is 39.2 Å². The van der Waals surface area contributed by atoms with Crippen LogP contribution in [0.2, 0.25) is 0 Å². The zero-order valence-corrected chi connectivity index (χ0v) is 19.0. The zero-order chi connectivity index (χ0) is 22.3. The third-order valence-corrected chi connectivity index (χ3v) is 5.66. The predicted molar refractivity (Wildman–Crippen MR) is 127 cm³/mol. The molecule has 0 spiro atoms. The summed E-state index contributed by atoms with van der Waals surface area (Å²) in [6.07, 6.45) is 1.63. The van der Waals surface area contributed by atoms with Gasteiger partial charge in [0, 0.05) is 36.2 Å². The molecule has 2 heterocycles. The van der Waals surface area contributed by atoms with Crippen molar-refractivity contribution in [2.75, 3.05) is 43.0 Å². The van der Waals surface area contributed by atoms with Gasteiger partial charge in [-0.25, -0.2) is 4.98 Å². The molecule has 0 aliphatic carbocycles. The molecule has 1 fully saturated rings. The summed E-state index contributed by atoms with van der Waals surface area (Å²) in [5.74, 6) is 1.26. The van der Waals surface area contributed by atoms with E-state index in [9.17, 15) is 9.59 Å². The minimum absolute atomic E-state index is 0.0425. The monoisotopic (exact) mass is 494 g/mol. The Kier molecular flexibility index (Phi) is 7.01. The fourth-order valence-electron chi connectivity index (χ4n) is 3.42.